The van der Waals surface area contributed by atoms with Crippen LogP contribution in [0.2, 0.25) is 0 Å². The third-order valence-corrected chi connectivity index (χ3v) is 6.72. The first-order valence-corrected chi connectivity index (χ1v) is 9.38. The number of hydrogen-bond donors (Lipinski definition) is 2. The van der Waals surface area contributed by atoms with E-state index < -0.39 is 10.0 Å². The second kappa shape index (κ2) is 7.00. The average Bonchev–Trinajstić information content (AvgIpc) is 2.88. The van der Waals surface area contributed by atoms with E-state index in [0.717, 1.165) is 43.8 Å². The topological polar surface area (TPSA) is 75.4 Å². The zero-order chi connectivity index (χ0) is 14.6. The third-order valence-electron chi connectivity index (χ3n) is 3.57. The van der Waals surface area contributed by atoms with Crippen molar-refractivity contribution in [3.05, 3.63) is 17.0 Å². The molecule has 3 N–H and O–H groups in total. The van der Waals surface area contributed by atoms with E-state index in [9.17, 15) is 8.42 Å². The number of likely N-dealkylation sites (tertiary alicyclic amines) is 1. The van der Waals surface area contributed by atoms with Crippen molar-refractivity contribution in [3.8, 4) is 0 Å². The van der Waals surface area contributed by atoms with Crippen molar-refractivity contribution in [2.45, 2.75) is 36.4 Å². The van der Waals surface area contributed by atoms with Crippen LogP contribution in [0.5, 0.6) is 0 Å². The third kappa shape index (κ3) is 4.02. The summed E-state index contributed by atoms with van der Waals surface area (Å²) >= 11 is 1.32. The standard InChI is InChI=1S/C13H23N3O2S2/c1-2-16-9-3-4-11(10-16)15-20(17,18)13-6-5-12(19-13)7-8-14/h5-6,11,15H,2-4,7-10,14H2,1H3. The highest BCUT2D eigenvalue weighted by molar-refractivity contribution is 7.91. The maximum atomic E-state index is 12.4. The molecule has 1 aliphatic rings. The van der Waals surface area contributed by atoms with Gasteiger partial charge in [0.1, 0.15) is 4.21 Å². The number of nitrogens with one attached hydrogen (secondary N) is 1. The number of piperidine rings is 1. The Morgan fingerprint density at radius 2 is 2.30 bits per heavy atom. The van der Waals surface area contributed by atoms with Gasteiger partial charge in [0.25, 0.3) is 0 Å². The molecule has 114 valence electrons. The summed E-state index contributed by atoms with van der Waals surface area (Å²) in [5.74, 6) is 0. The van der Waals surface area contributed by atoms with Crippen molar-refractivity contribution in [1.82, 2.24) is 9.62 Å². The monoisotopic (exact) mass is 317 g/mol. The summed E-state index contributed by atoms with van der Waals surface area (Å²) in [6.07, 6.45) is 2.69. The Morgan fingerprint density at radius 1 is 1.50 bits per heavy atom. The lowest BCUT2D eigenvalue weighted by Crippen LogP contribution is -2.47. The van der Waals surface area contributed by atoms with Gasteiger partial charge in [-0.1, -0.05) is 6.92 Å². The number of sulfonamides is 1. The Hall–Kier alpha value is -0.470. The fourth-order valence-electron chi connectivity index (χ4n) is 2.50. The maximum Gasteiger partial charge on any atom is 0.250 e. The van der Waals surface area contributed by atoms with Crippen LogP contribution in [-0.2, 0) is 16.4 Å². The van der Waals surface area contributed by atoms with Gasteiger partial charge in [-0.15, -0.1) is 11.3 Å². The Labute approximate surface area is 125 Å². The molecule has 0 radical (unpaired) electrons. The van der Waals surface area contributed by atoms with E-state index in [1.807, 2.05) is 6.07 Å². The first-order chi connectivity index (χ1) is 9.55. The zero-order valence-corrected chi connectivity index (χ0v) is 13.5. The average molecular weight is 317 g/mol. The van der Waals surface area contributed by atoms with Gasteiger partial charge < -0.3 is 10.6 Å². The molecule has 0 amide bonds. The molecular weight excluding hydrogens is 294 g/mol. The highest BCUT2D eigenvalue weighted by Crippen LogP contribution is 2.23. The Morgan fingerprint density at radius 3 is 3.00 bits per heavy atom. The molecule has 1 atom stereocenters. The molecule has 1 aliphatic heterocycles. The Kier molecular flexibility index (Phi) is 5.57. The predicted molar refractivity (Wildman–Crippen MR) is 82.5 cm³/mol. The van der Waals surface area contributed by atoms with Crippen LogP contribution >= 0.6 is 11.3 Å². The van der Waals surface area contributed by atoms with Crippen LogP contribution in [0.1, 0.15) is 24.6 Å². The van der Waals surface area contributed by atoms with Gasteiger partial charge in [0.05, 0.1) is 0 Å². The van der Waals surface area contributed by atoms with Crippen LogP contribution in [0.3, 0.4) is 0 Å². The number of nitrogens with two attached hydrogens (primary N) is 1. The van der Waals surface area contributed by atoms with Crippen LogP contribution in [0, 0.1) is 0 Å². The summed E-state index contributed by atoms with van der Waals surface area (Å²) in [5.41, 5.74) is 5.49. The zero-order valence-electron chi connectivity index (χ0n) is 11.8. The smallest absolute Gasteiger partial charge is 0.250 e. The fourth-order valence-corrected chi connectivity index (χ4v) is 5.15. The fraction of sp³-hybridized carbons (Fsp3) is 0.692. The van der Waals surface area contributed by atoms with Crippen molar-refractivity contribution >= 4 is 21.4 Å². The minimum absolute atomic E-state index is 0.0220. The highest BCUT2D eigenvalue weighted by Gasteiger charge is 2.25. The first kappa shape index (κ1) is 15.9. The molecule has 0 aromatic carbocycles. The van der Waals surface area contributed by atoms with Crippen LogP contribution < -0.4 is 10.5 Å². The molecule has 20 heavy (non-hydrogen) atoms. The van der Waals surface area contributed by atoms with E-state index in [0.29, 0.717) is 10.8 Å². The van der Waals surface area contributed by atoms with E-state index in [4.69, 9.17) is 5.73 Å². The minimum Gasteiger partial charge on any atom is -0.330 e. The van der Waals surface area contributed by atoms with Gasteiger partial charge in [-0.3, -0.25) is 0 Å². The number of likely N-dealkylation sites (N-methyl/N-ethyl adjacent to an activating group) is 1. The number of hydrogen-bond acceptors (Lipinski definition) is 5. The molecule has 0 spiro atoms. The van der Waals surface area contributed by atoms with E-state index in [-0.39, 0.29) is 6.04 Å². The lowest BCUT2D eigenvalue weighted by molar-refractivity contribution is 0.211. The summed E-state index contributed by atoms with van der Waals surface area (Å²) in [7, 11) is -3.39. The van der Waals surface area contributed by atoms with Crippen LogP contribution in [-0.4, -0.2) is 45.5 Å². The van der Waals surface area contributed by atoms with Crippen LogP contribution in [0.4, 0.5) is 0 Å². The molecule has 1 unspecified atom stereocenters. The molecule has 1 saturated heterocycles. The summed E-state index contributed by atoms with van der Waals surface area (Å²) in [5, 5.41) is 0. The lowest BCUT2D eigenvalue weighted by atomic mass is 10.1. The van der Waals surface area contributed by atoms with Gasteiger partial charge >= 0.3 is 0 Å². The van der Waals surface area contributed by atoms with Crippen molar-refractivity contribution in [2.24, 2.45) is 5.73 Å². The molecule has 0 aliphatic carbocycles. The molecule has 1 aromatic rings. The molecule has 2 rings (SSSR count). The van der Waals surface area contributed by atoms with Gasteiger partial charge in [-0.2, -0.15) is 0 Å². The van der Waals surface area contributed by atoms with E-state index in [1.54, 1.807) is 6.07 Å². The van der Waals surface area contributed by atoms with Crippen molar-refractivity contribution in [3.63, 3.8) is 0 Å². The van der Waals surface area contributed by atoms with E-state index in [1.165, 1.54) is 11.3 Å². The number of nitrogens with zero attached hydrogens (tertiary/aromatic N) is 1. The second-order valence-electron chi connectivity index (χ2n) is 5.11. The Bertz CT molecular complexity index is 527. The Balaban J connectivity index is 2.02. The molecule has 5 nitrogen and oxygen atoms in total. The quantitative estimate of drug-likeness (QED) is 0.821. The molecule has 1 fully saturated rings. The lowest BCUT2D eigenvalue weighted by Gasteiger charge is -2.31. The van der Waals surface area contributed by atoms with Crippen molar-refractivity contribution in [1.29, 1.82) is 0 Å². The molecule has 1 aromatic heterocycles. The largest absolute Gasteiger partial charge is 0.330 e. The van der Waals surface area contributed by atoms with Crippen LogP contribution in [0.25, 0.3) is 0 Å². The van der Waals surface area contributed by atoms with Crippen molar-refractivity contribution in [2.75, 3.05) is 26.2 Å². The van der Waals surface area contributed by atoms with Crippen LogP contribution in [0.15, 0.2) is 16.3 Å². The molecule has 2 heterocycles. The number of thiophene rings is 1. The molecule has 0 saturated carbocycles. The van der Waals surface area contributed by atoms with Gasteiger partial charge in [-0.25, -0.2) is 13.1 Å². The van der Waals surface area contributed by atoms with Gasteiger partial charge in [-0.05, 0) is 51.0 Å². The highest BCUT2D eigenvalue weighted by atomic mass is 32.2. The normalized spacial score (nSPS) is 21.2. The summed E-state index contributed by atoms with van der Waals surface area (Å²) in [4.78, 5) is 3.30. The van der Waals surface area contributed by atoms with Gasteiger partial charge in [0.15, 0.2) is 0 Å². The van der Waals surface area contributed by atoms with Crippen molar-refractivity contribution < 1.29 is 8.42 Å². The maximum absolute atomic E-state index is 12.4. The molecule has 7 heteroatoms. The van der Waals surface area contributed by atoms with Gasteiger partial charge in [0, 0.05) is 17.5 Å². The molecular formula is C13H23N3O2S2. The minimum atomic E-state index is -3.39. The molecule has 0 bridgehead atoms. The first-order valence-electron chi connectivity index (χ1n) is 7.08. The second-order valence-corrected chi connectivity index (χ2v) is 8.22. The van der Waals surface area contributed by atoms with E-state index >= 15 is 0 Å². The SMILES string of the molecule is CCN1CCCC(NS(=O)(=O)c2ccc(CCN)s2)C1. The van der Waals surface area contributed by atoms with E-state index in [2.05, 4.69) is 16.5 Å². The summed E-state index contributed by atoms with van der Waals surface area (Å²) in [6, 6.07) is 3.55. The number of rotatable bonds is 6. The summed E-state index contributed by atoms with van der Waals surface area (Å²) < 4.78 is 28.0. The van der Waals surface area contributed by atoms with Gasteiger partial charge in [0.2, 0.25) is 10.0 Å². The summed E-state index contributed by atoms with van der Waals surface area (Å²) in [6.45, 7) is 5.49. The predicted octanol–water partition coefficient (Wildman–Crippen LogP) is 1.01.